The van der Waals surface area contributed by atoms with E-state index in [-0.39, 0.29) is 17.9 Å². The molecule has 0 amide bonds. The summed E-state index contributed by atoms with van der Waals surface area (Å²) < 4.78 is 55.2. The summed E-state index contributed by atoms with van der Waals surface area (Å²) in [6.07, 6.45) is -5.06. The van der Waals surface area contributed by atoms with Crippen LogP contribution in [0.25, 0.3) is 0 Å². The Labute approximate surface area is 155 Å². The van der Waals surface area contributed by atoms with Crippen molar-refractivity contribution in [2.75, 3.05) is 32.5 Å². The van der Waals surface area contributed by atoms with Crippen molar-refractivity contribution in [1.29, 1.82) is 0 Å². The van der Waals surface area contributed by atoms with E-state index in [4.69, 9.17) is 4.74 Å². The SMILES string of the molecule is COC(=O)C1=C(C(=O)OC)N(c2ccc(OC(F)(F)F)cc2[N+](=O)[O-])COC1. The van der Waals surface area contributed by atoms with Crippen molar-refractivity contribution in [3.05, 3.63) is 39.6 Å². The summed E-state index contributed by atoms with van der Waals surface area (Å²) >= 11 is 0. The lowest BCUT2D eigenvalue weighted by Crippen LogP contribution is -2.39. The van der Waals surface area contributed by atoms with Crippen molar-refractivity contribution in [2.24, 2.45) is 0 Å². The van der Waals surface area contributed by atoms with Crippen LogP contribution < -0.4 is 9.64 Å². The molecule has 0 fully saturated rings. The Balaban J connectivity index is 2.61. The van der Waals surface area contributed by atoms with Gasteiger partial charge in [-0.15, -0.1) is 13.2 Å². The Morgan fingerprint density at radius 2 is 1.86 bits per heavy atom. The van der Waals surface area contributed by atoms with Gasteiger partial charge in [-0.05, 0) is 12.1 Å². The molecule has 13 heteroatoms. The van der Waals surface area contributed by atoms with E-state index in [9.17, 15) is 32.9 Å². The van der Waals surface area contributed by atoms with E-state index in [1.807, 2.05) is 0 Å². The highest BCUT2D eigenvalue weighted by molar-refractivity contribution is 6.03. The number of esters is 2. The fourth-order valence-electron chi connectivity index (χ4n) is 2.41. The first-order valence-electron chi connectivity index (χ1n) is 7.38. The molecule has 152 valence electrons. The maximum atomic E-state index is 12.4. The van der Waals surface area contributed by atoms with Crippen LogP contribution in [0.1, 0.15) is 0 Å². The molecule has 0 bridgehead atoms. The van der Waals surface area contributed by atoms with Gasteiger partial charge in [-0.2, -0.15) is 0 Å². The van der Waals surface area contributed by atoms with Gasteiger partial charge in [0.1, 0.15) is 23.9 Å². The van der Waals surface area contributed by atoms with Crippen LogP contribution in [0.4, 0.5) is 24.5 Å². The van der Waals surface area contributed by atoms with Gasteiger partial charge in [0.15, 0.2) is 0 Å². The number of nitro benzene ring substituents is 1. The Morgan fingerprint density at radius 1 is 1.21 bits per heavy atom. The lowest BCUT2D eigenvalue weighted by molar-refractivity contribution is -0.384. The average molecular weight is 406 g/mol. The lowest BCUT2D eigenvalue weighted by atomic mass is 10.1. The molecular weight excluding hydrogens is 393 g/mol. The highest BCUT2D eigenvalue weighted by Crippen LogP contribution is 2.37. The van der Waals surface area contributed by atoms with Crippen LogP contribution in [0.5, 0.6) is 5.75 Å². The predicted octanol–water partition coefficient (Wildman–Crippen LogP) is 1.89. The minimum Gasteiger partial charge on any atom is -0.466 e. The summed E-state index contributed by atoms with van der Waals surface area (Å²) in [6.45, 7) is -0.748. The van der Waals surface area contributed by atoms with E-state index >= 15 is 0 Å². The number of carbonyl (C=O) groups excluding carboxylic acids is 2. The van der Waals surface area contributed by atoms with E-state index < -0.39 is 47.1 Å². The van der Waals surface area contributed by atoms with Crippen LogP contribution in [0, 0.1) is 10.1 Å². The fraction of sp³-hybridized carbons (Fsp3) is 0.333. The zero-order valence-electron chi connectivity index (χ0n) is 14.4. The third kappa shape index (κ3) is 4.49. The molecule has 0 N–H and O–H groups in total. The molecule has 1 heterocycles. The fourth-order valence-corrected chi connectivity index (χ4v) is 2.41. The molecule has 0 aromatic heterocycles. The van der Waals surface area contributed by atoms with Crippen molar-refractivity contribution < 1.29 is 46.6 Å². The predicted molar refractivity (Wildman–Crippen MR) is 84.1 cm³/mol. The van der Waals surface area contributed by atoms with Crippen LogP contribution in [-0.2, 0) is 23.8 Å². The van der Waals surface area contributed by atoms with Gasteiger partial charge >= 0.3 is 18.3 Å². The van der Waals surface area contributed by atoms with Gasteiger partial charge in [0.2, 0.25) is 0 Å². The smallest absolute Gasteiger partial charge is 0.466 e. The number of carbonyl (C=O) groups is 2. The third-order valence-electron chi connectivity index (χ3n) is 3.50. The first kappa shape index (κ1) is 21.0. The summed E-state index contributed by atoms with van der Waals surface area (Å²) in [4.78, 5) is 35.5. The number of benzene rings is 1. The molecule has 1 aromatic carbocycles. The van der Waals surface area contributed by atoms with Crippen LogP contribution in [-0.4, -0.2) is 50.8 Å². The van der Waals surface area contributed by atoms with Crippen molar-refractivity contribution in [1.82, 2.24) is 0 Å². The van der Waals surface area contributed by atoms with Gasteiger partial charge in [0.25, 0.3) is 5.69 Å². The summed E-state index contributed by atoms with van der Waals surface area (Å²) in [7, 11) is 2.07. The molecule has 1 aliphatic rings. The quantitative estimate of drug-likeness (QED) is 0.410. The molecule has 0 unspecified atom stereocenters. The number of hydrogen-bond acceptors (Lipinski definition) is 9. The number of methoxy groups -OCH3 is 2. The highest BCUT2D eigenvalue weighted by atomic mass is 19.4. The number of ether oxygens (including phenoxy) is 4. The Morgan fingerprint density at radius 3 is 2.39 bits per heavy atom. The number of rotatable bonds is 5. The molecule has 1 aromatic rings. The van der Waals surface area contributed by atoms with Gasteiger partial charge in [-0.1, -0.05) is 0 Å². The van der Waals surface area contributed by atoms with Crippen molar-refractivity contribution in [3.63, 3.8) is 0 Å². The van der Waals surface area contributed by atoms with E-state index in [2.05, 4.69) is 14.2 Å². The second-order valence-electron chi connectivity index (χ2n) is 5.17. The number of anilines is 1. The molecule has 1 aliphatic heterocycles. The van der Waals surface area contributed by atoms with Gasteiger partial charge in [0.05, 0.1) is 37.4 Å². The molecule has 10 nitrogen and oxygen atoms in total. The summed E-state index contributed by atoms with van der Waals surface area (Å²) in [5, 5.41) is 11.4. The largest absolute Gasteiger partial charge is 0.573 e. The van der Waals surface area contributed by atoms with Gasteiger partial charge < -0.3 is 23.8 Å². The molecule has 0 radical (unpaired) electrons. The van der Waals surface area contributed by atoms with Gasteiger partial charge in [-0.25, -0.2) is 9.59 Å². The highest BCUT2D eigenvalue weighted by Gasteiger charge is 2.36. The zero-order valence-corrected chi connectivity index (χ0v) is 14.4. The van der Waals surface area contributed by atoms with Crippen molar-refractivity contribution >= 4 is 23.3 Å². The topological polar surface area (TPSA) is 117 Å². The molecule has 2 rings (SSSR count). The number of nitrogens with zero attached hydrogens (tertiary/aromatic N) is 2. The van der Waals surface area contributed by atoms with E-state index in [1.54, 1.807) is 0 Å². The molecule has 0 spiro atoms. The Kier molecular flexibility index (Phi) is 6.08. The first-order valence-corrected chi connectivity index (χ1v) is 7.38. The first-order chi connectivity index (χ1) is 13.1. The Bertz CT molecular complexity index is 837. The molecule has 0 aliphatic carbocycles. The van der Waals surface area contributed by atoms with E-state index in [0.29, 0.717) is 6.07 Å². The van der Waals surface area contributed by atoms with E-state index in [1.165, 1.54) is 0 Å². The lowest BCUT2D eigenvalue weighted by Gasteiger charge is -2.31. The second kappa shape index (κ2) is 8.12. The standard InChI is InChI=1S/C15H13F3N2O8/c1-25-13(21)9-6-27-7-19(12(9)14(22)26-2)10-4-3-8(28-15(16,17)18)5-11(10)20(23)24/h3-5H,6-7H2,1-2H3. The van der Waals surface area contributed by atoms with Crippen molar-refractivity contribution in [3.8, 4) is 5.75 Å². The van der Waals surface area contributed by atoms with Crippen LogP contribution in [0.15, 0.2) is 29.5 Å². The molecular formula is C15H13F3N2O8. The minimum absolute atomic E-state index is 0.273. The number of hydrogen-bond donors (Lipinski definition) is 0. The van der Waals surface area contributed by atoms with Gasteiger partial charge in [-0.3, -0.25) is 10.1 Å². The summed E-state index contributed by atoms with van der Waals surface area (Å²) in [6, 6.07) is 2.27. The minimum atomic E-state index is -5.06. The maximum absolute atomic E-state index is 12.4. The molecule has 0 atom stereocenters. The van der Waals surface area contributed by atoms with Gasteiger partial charge in [0, 0.05) is 0 Å². The molecule has 0 saturated heterocycles. The van der Waals surface area contributed by atoms with Crippen LogP contribution in [0.3, 0.4) is 0 Å². The van der Waals surface area contributed by atoms with Crippen LogP contribution >= 0.6 is 0 Å². The third-order valence-corrected chi connectivity index (χ3v) is 3.50. The number of alkyl halides is 3. The number of nitro groups is 1. The monoisotopic (exact) mass is 406 g/mol. The average Bonchev–Trinajstić information content (AvgIpc) is 2.64. The number of halogens is 3. The second-order valence-corrected chi connectivity index (χ2v) is 5.17. The zero-order chi connectivity index (χ0) is 21.1. The maximum Gasteiger partial charge on any atom is 0.573 e. The normalized spacial score (nSPS) is 14.5. The molecule has 28 heavy (non-hydrogen) atoms. The van der Waals surface area contributed by atoms with E-state index in [0.717, 1.165) is 31.3 Å². The van der Waals surface area contributed by atoms with Crippen LogP contribution in [0.2, 0.25) is 0 Å². The van der Waals surface area contributed by atoms with Crippen molar-refractivity contribution in [2.45, 2.75) is 6.36 Å². The molecule has 0 saturated carbocycles. The summed E-state index contributed by atoms with van der Waals surface area (Å²) in [5.41, 5.74) is -1.81. The summed E-state index contributed by atoms with van der Waals surface area (Å²) in [5.74, 6) is -2.80. The Hall–Kier alpha value is -3.35.